The Labute approximate surface area is 136 Å². The normalized spacial score (nSPS) is 11.4. The van der Waals surface area contributed by atoms with E-state index in [0.717, 1.165) is 0 Å². The molecule has 0 fully saturated rings. The highest BCUT2D eigenvalue weighted by Crippen LogP contribution is 2.13. The maximum atomic E-state index is 12.3. The lowest BCUT2D eigenvalue weighted by Gasteiger charge is -2.20. The number of hydrogen-bond donors (Lipinski definition) is 1. The molecule has 124 valence electrons. The maximum Gasteiger partial charge on any atom is 0.240 e. The summed E-state index contributed by atoms with van der Waals surface area (Å²) in [6, 6.07) is 10.3. The summed E-state index contributed by atoms with van der Waals surface area (Å²) in [5, 5.41) is 0. The van der Waals surface area contributed by atoms with Crippen LogP contribution in [0, 0.1) is 6.92 Å². The minimum Gasteiger partial charge on any atom is -0.467 e. The summed E-state index contributed by atoms with van der Waals surface area (Å²) in [5.74, 6) is 0.512. The number of nitrogens with zero attached hydrogens (tertiary/aromatic N) is 1. The zero-order valence-electron chi connectivity index (χ0n) is 13.2. The molecule has 0 aliphatic rings. The molecular formula is C16H20N2O4S. The minimum atomic E-state index is -3.59. The Balaban J connectivity index is 1.96. The first-order valence-electron chi connectivity index (χ1n) is 7.23. The quantitative estimate of drug-likeness (QED) is 0.838. The highest BCUT2D eigenvalue weighted by atomic mass is 32.2. The lowest BCUT2D eigenvalue weighted by molar-refractivity contribution is -0.129. The molecule has 6 nitrogen and oxygen atoms in total. The molecule has 7 heteroatoms. The van der Waals surface area contributed by atoms with Crippen molar-refractivity contribution in [2.24, 2.45) is 0 Å². The number of carbonyl (C=O) groups excluding carboxylic acids is 1. The van der Waals surface area contributed by atoms with Crippen molar-refractivity contribution in [3.63, 3.8) is 0 Å². The third-order valence-electron chi connectivity index (χ3n) is 3.43. The third-order valence-corrected chi connectivity index (χ3v) is 5.05. The minimum absolute atomic E-state index is 0.136. The van der Waals surface area contributed by atoms with Gasteiger partial charge in [-0.3, -0.25) is 4.79 Å². The predicted octanol–water partition coefficient (Wildman–Crippen LogP) is 1.92. The van der Waals surface area contributed by atoms with Gasteiger partial charge in [0.05, 0.1) is 17.7 Å². The van der Waals surface area contributed by atoms with E-state index in [4.69, 9.17) is 4.42 Å². The number of furan rings is 1. The Morgan fingerprint density at radius 3 is 2.57 bits per heavy atom. The van der Waals surface area contributed by atoms with Crippen molar-refractivity contribution in [1.82, 2.24) is 9.62 Å². The second-order valence-corrected chi connectivity index (χ2v) is 6.92. The smallest absolute Gasteiger partial charge is 0.240 e. The van der Waals surface area contributed by atoms with Gasteiger partial charge in [0.1, 0.15) is 5.76 Å². The van der Waals surface area contributed by atoms with Gasteiger partial charge in [-0.25, -0.2) is 13.1 Å². The van der Waals surface area contributed by atoms with E-state index in [-0.39, 0.29) is 23.9 Å². The Bertz CT molecular complexity index is 754. The Kier molecular flexibility index (Phi) is 5.57. The van der Waals surface area contributed by atoms with Gasteiger partial charge in [-0.2, -0.15) is 0 Å². The molecule has 2 rings (SSSR count). The van der Waals surface area contributed by atoms with E-state index in [2.05, 4.69) is 4.72 Å². The molecule has 1 N–H and O–H groups in total. The fourth-order valence-corrected chi connectivity index (χ4v) is 3.45. The number of sulfonamides is 1. The van der Waals surface area contributed by atoms with Crippen molar-refractivity contribution >= 4 is 15.9 Å². The fourth-order valence-electron chi connectivity index (χ4n) is 2.19. The summed E-state index contributed by atoms with van der Waals surface area (Å²) in [6.45, 7) is 3.90. The maximum absolute atomic E-state index is 12.3. The summed E-state index contributed by atoms with van der Waals surface area (Å²) in [7, 11) is -3.59. The molecule has 1 aromatic heterocycles. The molecule has 0 atom stereocenters. The summed E-state index contributed by atoms with van der Waals surface area (Å²) in [6.07, 6.45) is 1.54. The molecule has 1 heterocycles. The molecule has 0 aliphatic carbocycles. The second-order valence-electron chi connectivity index (χ2n) is 5.18. The van der Waals surface area contributed by atoms with E-state index in [1.807, 2.05) is 0 Å². The van der Waals surface area contributed by atoms with Crippen LogP contribution in [-0.4, -0.2) is 32.3 Å². The van der Waals surface area contributed by atoms with Gasteiger partial charge in [0.25, 0.3) is 0 Å². The van der Waals surface area contributed by atoms with Crippen molar-refractivity contribution < 1.29 is 17.6 Å². The van der Waals surface area contributed by atoms with Gasteiger partial charge in [-0.15, -0.1) is 0 Å². The number of benzene rings is 1. The first-order valence-corrected chi connectivity index (χ1v) is 8.71. The van der Waals surface area contributed by atoms with Crippen LogP contribution in [0.3, 0.4) is 0 Å². The van der Waals surface area contributed by atoms with E-state index < -0.39 is 10.0 Å². The van der Waals surface area contributed by atoms with E-state index in [9.17, 15) is 13.2 Å². The summed E-state index contributed by atoms with van der Waals surface area (Å²) in [5.41, 5.74) is 0.680. The molecule has 2 aromatic rings. The zero-order valence-corrected chi connectivity index (χ0v) is 14.0. The van der Waals surface area contributed by atoms with Crippen molar-refractivity contribution in [3.8, 4) is 0 Å². The van der Waals surface area contributed by atoms with Gasteiger partial charge in [0, 0.05) is 20.0 Å². The van der Waals surface area contributed by atoms with Crippen molar-refractivity contribution in [3.05, 3.63) is 54.0 Å². The Hall–Kier alpha value is -2.12. The van der Waals surface area contributed by atoms with E-state index in [0.29, 0.717) is 17.9 Å². The zero-order chi connectivity index (χ0) is 16.9. The predicted molar refractivity (Wildman–Crippen MR) is 86.2 cm³/mol. The largest absolute Gasteiger partial charge is 0.467 e. The average molecular weight is 336 g/mol. The van der Waals surface area contributed by atoms with Crippen molar-refractivity contribution in [1.29, 1.82) is 0 Å². The van der Waals surface area contributed by atoms with E-state index >= 15 is 0 Å². The van der Waals surface area contributed by atoms with Gasteiger partial charge in [0.2, 0.25) is 15.9 Å². The number of hydrogen-bond acceptors (Lipinski definition) is 4. The fraction of sp³-hybridized carbons (Fsp3) is 0.312. The molecule has 0 bridgehead atoms. The highest BCUT2D eigenvalue weighted by Gasteiger charge is 2.17. The van der Waals surface area contributed by atoms with Crippen LogP contribution >= 0.6 is 0 Å². The standard InChI is InChI=1S/C16H20N2O4S/c1-13-6-3-4-8-16(13)23(20,21)17-9-10-18(14(2)19)12-15-7-5-11-22-15/h3-8,11,17H,9-10,12H2,1-2H3. The third kappa shape index (κ3) is 4.67. The SMILES string of the molecule is CC(=O)N(CCNS(=O)(=O)c1ccccc1C)Cc1ccco1. The first kappa shape index (κ1) is 17.2. The number of aryl methyl sites for hydroxylation is 1. The van der Waals surface area contributed by atoms with Gasteiger partial charge in [0.15, 0.2) is 0 Å². The molecule has 0 saturated heterocycles. The molecule has 1 amide bonds. The lowest BCUT2D eigenvalue weighted by atomic mass is 10.2. The average Bonchev–Trinajstić information content (AvgIpc) is 2.99. The lowest BCUT2D eigenvalue weighted by Crippen LogP contribution is -2.37. The summed E-state index contributed by atoms with van der Waals surface area (Å²) >= 11 is 0. The molecule has 1 aromatic carbocycles. The van der Waals surface area contributed by atoms with Crippen LogP contribution in [0.15, 0.2) is 52.0 Å². The van der Waals surface area contributed by atoms with Crippen LogP contribution in [0.1, 0.15) is 18.2 Å². The van der Waals surface area contributed by atoms with Gasteiger partial charge < -0.3 is 9.32 Å². The van der Waals surface area contributed by atoms with Crippen LogP contribution in [0.4, 0.5) is 0 Å². The van der Waals surface area contributed by atoms with Crippen LogP contribution < -0.4 is 4.72 Å². The molecular weight excluding hydrogens is 316 g/mol. The van der Waals surface area contributed by atoms with E-state index in [1.165, 1.54) is 18.1 Å². The van der Waals surface area contributed by atoms with Crippen LogP contribution in [0.5, 0.6) is 0 Å². The topological polar surface area (TPSA) is 79.6 Å². The Morgan fingerprint density at radius 2 is 1.96 bits per heavy atom. The highest BCUT2D eigenvalue weighted by molar-refractivity contribution is 7.89. The molecule has 0 saturated carbocycles. The molecule has 0 aliphatic heterocycles. The Morgan fingerprint density at radius 1 is 1.22 bits per heavy atom. The van der Waals surface area contributed by atoms with Gasteiger partial charge >= 0.3 is 0 Å². The molecule has 0 unspecified atom stereocenters. The number of carbonyl (C=O) groups is 1. The number of amides is 1. The van der Waals surface area contributed by atoms with Crippen LogP contribution in [0.2, 0.25) is 0 Å². The number of rotatable bonds is 7. The molecule has 23 heavy (non-hydrogen) atoms. The summed E-state index contributed by atoms with van der Waals surface area (Å²) in [4.78, 5) is 13.4. The van der Waals surface area contributed by atoms with Crippen LogP contribution in [-0.2, 0) is 21.4 Å². The number of nitrogens with one attached hydrogen (secondary N) is 1. The molecule has 0 spiro atoms. The van der Waals surface area contributed by atoms with Crippen LogP contribution in [0.25, 0.3) is 0 Å². The summed E-state index contributed by atoms with van der Waals surface area (Å²) < 4.78 is 32.3. The second kappa shape index (κ2) is 7.43. The monoisotopic (exact) mass is 336 g/mol. The van der Waals surface area contributed by atoms with Crippen molar-refractivity contribution in [2.75, 3.05) is 13.1 Å². The van der Waals surface area contributed by atoms with Gasteiger partial charge in [-0.1, -0.05) is 18.2 Å². The molecule has 0 radical (unpaired) electrons. The first-order chi connectivity index (χ1) is 10.9. The van der Waals surface area contributed by atoms with E-state index in [1.54, 1.807) is 43.3 Å². The van der Waals surface area contributed by atoms with Crippen molar-refractivity contribution in [2.45, 2.75) is 25.3 Å². The van der Waals surface area contributed by atoms with Gasteiger partial charge in [-0.05, 0) is 30.7 Å².